The van der Waals surface area contributed by atoms with E-state index in [2.05, 4.69) is 45.7 Å². The third kappa shape index (κ3) is 4.98. The smallest absolute Gasteiger partial charge is 0.0829 e. The summed E-state index contributed by atoms with van der Waals surface area (Å²) in [4.78, 5) is 11.7. The lowest BCUT2D eigenvalue weighted by Gasteiger charge is -2.40. The maximum atomic E-state index is 5.98. The van der Waals surface area contributed by atoms with Gasteiger partial charge in [0.1, 0.15) is 0 Å². The van der Waals surface area contributed by atoms with E-state index in [-0.39, 0.29) is 0 Å². The van der Waals surface area contributed by atoms with E-state index in [1.165, 1.54) is 5.56 Å². The van der Waals surface area contributed by atoms with Crippen LogP contribution in [0.2, 0.25) is 0 Å². The first-order valence-electron chi connectivity index (χ1n) is 8.90. The summed E-state index contributed by atoms with van der Waals surface area (Å²) in [6, 6.07) is 4.85. The van der Waals surface area contributed by atoms with Crippen LogP contribution in [0.3, 0.4) is 0 Å². The van der Waals surface area contributed by atoms with Crippen molar-refractivity contribution >= 4 is 0 Å². The van der Waals surface area contributed by atoms with Crippen molar-refractivity contribution in [3.63, 3.8) is 0 Å². The summed E-state index contributed by atoms with van der Waals surface area (Å²) < 4.78 is 5.98. The molecule has 5 nitrogen and oxygen atoms in total. The van der Waals surface area contributed by atoms with Crippen LogP contribution in [-0.4, -0.2) is 84.2 Å². The van der Waals surface area contributed by atoms with Crippen molar-refractivity contribution in [2.24, 2.45) is 0 Å². The van der Waals surface area contributed by atoms with Gasteiger partial charge in [-0.3, -0.25) is 19.7 Å². The van der Waals surface area contributed by atoms with E-state index in [4.69, 9.17) is 4.74 Å². The molecule has 128 valence electrons. The highest BCUT2D eigenvalue weighted by atomic mass is 16.5. The number of aromatic nitrogens is 1. The molecule has 0 saturated carbocycles. The Morgan fingerprint density at radius 3 is 2.48 bits per heavy atom. The molecule has 0 N–H and O–H groups in total. The molecule has 0 aromatic carbocycles. The molecule has 2 saturated heterocycles. The van der Waals surface area contributed by atoms with E-state index in [1.807, 2.05) is 12.4 Å². The van der Waals surface area contributed by atoms with Crippen molar-refractivity contribution in [2.45, 2.75) is 32.5 Å². The SMILES string of the molecule is CC(C)N1CCO[C@H](CN2CCN(Cc3ccncc3)CC2)C1. The van der Waals surface area contributed by atoms with Gasteiger partial charge in [-0.25, -0.2) is 0 Å². The van der Waals surface area contributed by atoms with Crippen molar-refractivity contribution in [1.82, 2.24) is 19.7 Å². The maximum absolute atomic E-state index is 5.98. The summed E-state index contributed by atoms with van der Waals surface area (Å²) in [5.74, 6) is 0. The van der Waals surface area contributed by atoms with E-state index in [0.717, 1.165) is 59.0 Å². The molecule has 5 heteroatoms. The Hall–Kier alpha value is -1.01. The van der Waals surface area contributed by atoms with Crippen molar-refractivity contribution < 1.29 is 4.74 Å². The fraction of sp³-hybridized carbons (Fsp3) is 0.722. The van der Waals surface area contributed by atoms with E-state index < -0.39 is 0 Å². The highest BCUT2D eigenvalue weighted by molar-refractivity contribution is 5.09. The largest absolute Gasteiger partial charge is 0.374 e. The Bertz CT molecular complexity index is 459. The molecule has 0 unspecified atom stereocenters. The van der Waals surface area contributed by atoms with Crippen LogP contribution < -0.4 is 0 Å². The molecule has 0 aliphatic carbocycles. The lowest BCUT2D eigenvalue weighted by molar-refractivity contribution is -0.0565. The first-order chi connectivity index (χ1) is 11.2. The van der Waals surface area contributed by atoms with E-state index >= 15 is 0 Å². The number of ether oxygens (including phenoxy) is 1. The van der Waals surface area contributed by atoms with Crippen LogP contribution in [-0.2, 0) is 11.3 Å². The van der Waals surface area contributed by atoms with Gasteiger partial charge in [0.2, 0.25) is 0 Å². The predicted octanol–water partition coefficient (Wildman–Crippen LogP) is 1.31. The number of hydrogen-bond acceptors (Lipinski definition) is 5. The van der Waals surface area contributed by atoms with E-state index in [0.29, 0.717) is 12.1 Å². The molecule has 3 heterocycles. The predicted molar refractivity (Wildman–Crippen MR) is 92.4 cm³/mol. The zero-order valence-electron chi connectivity index (χ0n) is 14.5. The minimum Gasteiger partial charge on any atom is -0.374 e. The number of morpholine rings is 1. The fourth-order valence-electron chi connectivity index (χ4n) is 3.49. The molecule has 23 heavy (non-hydrogen) atoms. The lowest BCUT2D eigenvalue weighted by Crippen LogP contribution is -2.53. The minimum atomic E-state index is 0.373. The summed E-state index contributed by atoms with van der Waals surface area (Å²) in [6.07, 6.45) is 4.14. The van der Waals surface area contributed by atoms with Crippen LogP contribution in [0.1, 0.15) is 19.4 Å². The summed E-state index contributed by atoms with van der Waals surface area (Å²) in [5, 5.41) is 0. The third-order valence-corrected chi connectivity index (χ3v) is 4.98. The van der Waals surface area contributed by atoms with Gasteiger partial charge in [-0.1, -0.05) is 0 Å². The zero-order chi connectivity index (χ0) is 16.1. The summed E-state index contributed by atoms with van der Waals surface area (Å²) in [5.41, 5.74) is 1.36. The topological polar surface area (TPSA) is 31.8 Å². The Kier molecular flexibility index (Phi) is 6.00. The quantitative estimate of drug-likeness (QED) is 0.817. The fourth-order valence-corrected chi connectivity index (χ4v) is 3.49. The average molecular weight is 318 g/mol. The molecule has 0 bridgehead atoms. The molecule has 1 aromatic heterocycles. The van der Waals surface area contributed by atoms with Crippen molar-refractivity contribution in [3.05, 3.63) is 30.1 Å². The maximum Gasteiger partial charge on any atom is 0.0829 e. The van der Waals surface area contributed by atoms with Gasteiger partial charge < -0.3 is 4.74 Å². The number of rotatable bonds is 5. The van der Waals surface area contributed by atoms with Gasteiger partial charge in [-0.15, -0.1) is 0 Å². The molecule has 1 atom stereocenters. The van der Waals surface area contributed by atoms with Gasteiger partial charge in [0, 0.05) is 70.8 Å². The summed E-state index contributed by atoms with van der Waals surface area (Å²) in [7, 11) is 0. The summed E-state index contributed by atoms with van der Waals surface area (Å²) in [6.45, 7) is 14.3. The van der Waals surface area contributed by atoms with Gasteiger partial charge >= 0.3 is 0 Å². The molecule has 0 radical (unpaired) electrons. The molecule has 3 rings (SSSR count). The van der Waals surface area contributed by atoms with Gasteiger partial charge in [-0.05, 0) is 31.5 Å². The van der Waals surface area contributed by atoms with Gasteiger partial charge in [0.05, 0.1) is 12.7 Å². The van der Waals surface area contributed by atoms with Crippen LogP contribution in [0.5, 0.6) is 0 Å². The third-order valence-electron chi connectivity index (χ3n) is 4.98. The number of piperazine rings is 1. The van der Waals surface area contributed by atoms with Crippen molar-refractivity contribution in [2.75, 3.05) is 52.4 Å². The standard InChI is InChI=1S/C18H30N4O/c1-16(2)22-11-12-23-18(15-22)14-21-9-7-20(8-10-21)13-17-3-5-19-6-4-17/h3-6,16,18H,7-15H2,1-2H3/t18-/m1/s1. The van der Waals surface area contributed by atoms with Crippen molar-refractivity contribution in [1.29, 1.82) is 0 Å². The number of nitrogens with zero attached hydrogens (tertiary/aromatic N) is 4. The molecule has 2 fully saturated rings. The van der Waals surface area contributed by atoms with Gasteiger partial charge in [0.25, 0.3) is 0 Å². The minimum absolute atomic E-state index is 0.373. The zero-order valence-corrected chi connectivity index (χ0v) is 14.5. The molecular formula is C18H30N4O. The molecule has 2 aliphatic heterocycles. The second kappa shape index (κ2) is 8.20. The molecule has 2 aliphatic rings. The van der Waals surface area contributed by atoms with Crippen LogP contribution in [0.15, 0.2) is 24.5 Å². The van der Waals surface area contributed by atoms with Gasteiger partial charge in [0.15, 0.2) is 0 Å². The first kappa shape index (κ1) is 16.8. The highest BCUT2D eigenvalue weighted by Crippen LogP contribution is 2.13. The van der Waals surface area contributed by atoms with Crippen LogP contribution in [0, 0.1) is 0 Å². The monoisotopic (exact) mass is 318 g/mol. The average Bonchev–Trinajstić information content (AvgIpc) is 2.58. The number of pyridine rings is 1. The Morgan fingerprint density at radius 1 is 1.09 bits per heavy atom. The van der Waals surface area contributed by atoms with Crippen LogP contribution >= 0.6 is 0 Å². The highest BCUT2D eigenvalue weighted by Gasteiger charge is 2.25. The molecule has 0 spiro atoms. The first-order valence-corrected chi connectivity index (χ1v) is 8.90. The van der Waals surface area contributed by atoms with Crippen LogP contribution in [0.25, 0.3) is 0 Å². The second-order valence-electron chi connectivity index (χ2n) is 7.01. The van der Waals surface area contributed by atoms with Gasteiger partial charge in [-0.2, -0.15) is 0 Å². The summed E-state index contributed by atoms with van der Waals surface area (Å²) >= 11 is 0. The Labute approximate surface area is 140 Å². The lowest BCUT2D eigenvalue weighted by atomic mass is 10.2. The Balaban J connectivity index is 1.41. The second-order valence-corrected chi connectivity index (χ2v) is 7.01. The molecular weight excluding hydrogens is 288 g/mol. The van der Waals surface area contributed by atoms with E-state index in [1.54, 1.807) is 0 Å². The molecule has 1 aromatic rings. The molecule has 0 amide bonds. The Morgan fingerprint density at radius 2 is 1.78 bits per heavy atom. The van der Waals surface area contributed by atoms with Crippen LogP contribution in [0.4, 0.5) is 0 Å². The normalized spacial score (nSPS) is 25.1. The van der Waals surface area contributed by atoms with Crippen molar-refractivity contribution in [3.8, 4) is 0 Å². The van der Waals surface area contributed by atoms with E-state index in [9.17, 15) is 0 Å². The number of hydrogen-bond donors (Lipinski definition) is 0.